The van der Waals surface area contributed by atoms with E-state index in [2.05, 4.69) is 62.5 Å². The van der Waals surface area contributed by atoms with Crippen LogP contribution in [0.3, 0.4) is 0 Å². The molecule has 0 radical (unpaired) electrons. The number of benzene rings is 8. The number of phenols is 2. The van der Waals surface area contributed by atoms with Crippen LogP contribution in [0.5, 0.6) is 11.5 Å². The van der Waals surface area contributed by atoms with Gasteiger partial charge >= 0.3 is 20.8 Å². The van der Waals surface area contributed by atoms with Gasteiger partial charge in [0.1, 0.15) is 94.6 Å². The summed E-state index contributed by atoms with van der Waals surface area (Å²) < 4.78 is 335. The summed E-state index contributed by atoms with van der Waals surface area (Å²) in [6.45, 7) is -2.43. The number of nitrogen functional groups attached to an aromatic ring is 2. The topological polar surface area (TPSA) is 841 Å². The lowest BCUT2D eigenvalue weighted by Crippen LogP contribution is -2.07. The molecule has 50 nitrogen and oxygen atoms in total. The molecule has 0 atom stereocenters. The van der Waals surface area contributed by atoms with Crippen molar-refractivity contribution >= 4 is 209 Å². The summed E-state index contributed by atoms with van der Waals surface area (Å²) in [6, 6.07) is 21.0. The van der Waals surface area contributed by atoms with E-state index in [0.29, 0.717) is 35.5 Å². The molecule has 0 saturated heterocycles. The molecule has 0 aromatic heterocycles. The van der Waals surface area contributed by atoms with Crippen molar-refractivity contribution in [1.82, 2.24) is 0 Å². The largest absolute Gasteiger partial charge is 0.505 e. The fourth-order valence-corrected chi connectivity index (χ4v) is 15.5. The van der Waals surface area contributed by atoms with E-state index >= 15 is 0 Å². The number of anilines is 2. The molecule has 0 aliphatic heterocycles. The van der Waals surface area contributed by atoms with Crippen molar-refractivity contribution < 1.29 is 179 Å². The third-order valence-electron chi connectivity index (χ3n) is 14.0. The molecule has 0 spiro atoms. The van der Waals surface area contributed by atoms with Crippen LogP contribution in [0.25, 0.3) is 21.5 Å². The van der Waals surface area contributed by atoms with E-state index in [1.807, 2.05) is 0 Å². The van der Waals surface area contributed by atoms with E-state index in [-0.39, 0.29) is 71.7 Å². The molecule has 0 aliphatic rings. The van der Waals surface area contributed by atoms with Gasteiger partial charge in [-0.25, -0.2) is 18.1 Å². The predicted octanol–water partition coefficient (Wildman–Crippen LogP) is 15.1. The number of azo groups is 4. The average Bonchev–Trinajstić information content (AvgIpc) is 0.743. The lowest BCUT2D eigenvalue weighted by molar-refractivity contribution is -0.195. The Hall–Kier alpha value is -7.04. The van der Waals surface area contributed by atoms with Crippen molar-refractivity contribution in [3.8, 4) is 11.5 Å². The number of hydrogen-bond donors (Lipinski definition) is 24. The SMILES string of the molecule is Nc1c(N=Nc2ccc(CCCOS(=O)(=O)O)cc2)c(S(=O)(=O)O)cc2cc(S(O)(O)O)c(N=Nc3ccc(SOOCCOS(O)(O)O)cc3)c(O)c12.Nc1c(N=Nc2ccc(CCCOS(=O)(=O)O)cc2S(O)(O)O)c(S(=O)(=O)O)cc2cc(S(O)(O)O)c(N=Nc3ccc(SOOCCOS(O)(O)O)cc3S(=O)(=O)O)c(O)c12. The maximum Gasteiger partial charge on any atom is 0.397 e. The van der Waals surface area contributed by atoms with E-state index in [0.717, 1.165) is 60.1 Å². The maximum absolute atomic E-state index is 12.5. The lowest BCUT2D eigenvalue weighted by atomic mass is 10.1. The van der Waals surface area contributed by atoms with E-state index in [1.54, 1.807) is 12.1 Å². The van der Waals surface area contributed by atoms with Gasteiger partial charge in [-0.3, -0.25) is 58.4 Å². The molecule has 0 amide bonds. The Morgan fingerprint density at radius 3 is 1.08 bits per heavy atom. The fraction of sp³-hybridized carbons (Fsp3) is 0.185. The zero-order valence-electron chi connectivity index (χ0n) is 57.3. The third-order valence-corrected chi connectivity index (χ3v) is 22.5. The van der Waals surface area contributed by atoms with Crippen LogP contribution in [-0.2, 0) is 99.2 Å². The van der Waals surface area contributed by atoms with Crippen molar-refractivity contribution in [3.05, 3.63) is 120 Å². The fourth-order valence-electron chi connectivity index (χ4n) is 9.24. The summed E-state index contributed by atoms with van der Waals surface area (Å²) in [6.07, 6.45) is 0.543. The Labute approximate surface area is 671 Å². The van der Waals surface area contributed by atoms with Gasteiger partial charge in [-0.2, -0.15) is 61.0 Å². The van der Waals surface area contributed by atoms with E-state index < -0.39 is 223 Å². The summed E-state index contributed by atoms with van der Waals surface area (Å²) in [5, 5.41) is 51.2. The predicted molar refractivity (Wildman–Crippen MR) is 413 cm³/mol. The second-order valence-electron chi connectivity index (χ2n) is 22.2. The van der Waals surface area contributed by atoms with Crippen LogP contribution in [0.15, 0.2) is 189 Å². The van der Waals surface area contributed by atoms with E-state index in [4.69, 9.17) is 61.4 Å². The molecular formula is C54H64N10O40S12. The monoisotopic (exact) mass is 1880 g/mol. The number of nitrogens with two attached hydrogens (primary N) is 2. The number of hydrogen-bond acceptors (Lipinski definition) is 47. The first-order valence-corrected chi connectivity index (χ1v) is 46.2. The molecule has 0 aliphatic carbocycles. The summed E-state index contributed by atoms with van der Waals surface area (Å²) >= 11 is -7.30. The highest BCUT2D eigenvalue weighted by Crippen LogP contribution is 2.59. The number of aryl methyl sites for hydroxylation is 2. The second kappa shape index (κ2) is 39.4. The first-order valence-electron chi connectivity index (χ1n) is 30.3. The first kappa shape index (κ1) is 96.1. The molecule has 8 aromatic carbocycles. The number of phenolic OH excluding ortho intramolecular Hbond substituents is 2. The Kier molecular flexibility index (Phi) is 32.7. The lowest BCUT2D eigenvalue weighted by Gasteiger charge is -2.23. The Morgan fingerprint density at radius 2 is 0.672 bits per heavy atom. The summed E-state index contributed by atoms with van der Waals surface area (Å²) in [5.41, 5.74) is 7.82. The van der Waals surface area contributed by atoms with E-state index in [1.165, 1.54) is 42.5 Å². The van der Waals surface area contributed by atoms with Gasteiger partial charge in [0.25, 0.3) is 30.4 Å². The average molecular weight is 1880 g/mol. The Bertz CT molecular complexity index is 5640. The molecule has 62 heteroatoms. The molecule has 0 heterocycles. The van der Waals surface area contributed by atoms with E-state index in [9.17, 15) is 107 Å². The molecule has 0 saturated carbocycles. The molecule has 642 valence electrons. The standard InChI is InChI=1S/C27H33N5O23S7.C27H31N5O17S5/c28-24-23-15(11-21(59(40,41)42)25(24)31-29-17-5-3-14(10-19(17)57(34,35)36)2-1-7-53-61(46,47)48)12-22(60(43,44)45)26(27(23)33)32-30-18-6-4-16(13-20(18)58(37,38)39)56-55-52-8-9-54-62(49,50)51;28-24-23-17(14-21(51(34,35)36)25(24)31-29-18-5-3-16(4-6-18)2-1-11-47-53(40,41)42)15-22(52(37,38)39)26(27(23)33)32-30-19-7-9-20(10-8-19)50-49-46-12-13-48-54(43,44)45/h3-6,10-13,33-36,43-45,49-51H,1-2,7-9,28H2,(H,37,38,39)(H,40,41,42)(H,46,47,48);3-10,14-15,33,37-39,43-45H,1-2,11-13,28H2,(H,34,35,36)(H,40,41,42). The minimum atomic E-state index is -5.36. The highest BCUT2D eigenvalue weighted by Gasteiger charge is 2.33. The summed E-state index contributed by atoms with van der Waals surface area (Å²) in [7, 11) is -39.1. The summed E-state index contributed by atoms with van der Waals surface area (Å²) in [4.78, 5) is 4.26. The minimum Gasteiger partial charge on any atom is -0.505 e. The first-order chi connectivity index (χ1) is 53.5. The molecule has 0 unspecified atom stereocenters. The molecular weight excluding hydrogens is 1810 g/mol. The highest BCUT2D eigenvalue weighted by molar-refractivity contribution is 8.20. The number of fused-ring (bicyclic) bond motifs is 2. The van der Waals surface area contributed by atoms with Crippen LogP contribution in [0, 0.1) is 0 Å². The van der Waals surface area contributed by atoms with Gasteiger partial charge in [-0.15, -0.1) is 30.7 Å². The van der Waals surface area contributed by atoms with Crippen molar-refractivity contribution in [2.24, 2.45) is 40.9 Å². The smallest absolute Gasteiger partial charge is 0.397 e. The molecule has 8 aromatic rings. The Balaban J connectivity index is 0.000000324. The van der Waals surface area contributed by atoms with Crippen molar-refractivity contribution in [2.45, 2.75) is 64.8 Å². The Morgan fingerprint density at radius 1 is 0.328 bits per heavy atom. The van der Waals surface area contributed by atoms with Gasteiger partial charge in [-0.05, 0) is 139 Å². The van der Waals surface area contributed by atoms with Gasteiger partial charge < -0.3 is 62.7 Å². The highest BCUT2D eigenvalue weighted by atomic mass is 32.3. The van der Waals surface area contributed by atoms with Crippen LogP contribution < -0.4 is 11.5 Å². The van der Waals surface area contributed by atoms with Crippen LogP contribution in [-0.4, -0.2) is 183 Å². The van der Waals surface area contributed by atoms with Crippen LogP contribution in [0.1, 0.15) is 24.0 Å². The number of nitrogens with zero attached hydrogens (tertiary/aromatic N) is 8. The quantitative estimate of drug-likeness (QED) is 0.00325. The van der Waals surface area contributed by atoms with Gasteiger partial charge in [-0.1, -0.05) is 18.2 Å². The van der Waals surface area contributed by atoms with Crippen molar-refractivity contribution in [1.29, 1.82) is 0 Å². The van der Waals surface area contributed by atoms with Gasteiger partial charge in [0.15, 0.2) is 11.5 Å². The molecule has 116 heavy (non-hydrogen) atoms. The van der Waals surface area contributed by atoms with Gasteiger partial charge in [0.05, 0.1) is 98.7 Å². The second-order valence-corrected chi connectivity index (χ2v) is 36.9. The zero-order valence-corrected chi connectivity index (χ0v) is 67.1. The molecule has 26 N–H and O–H groups in total. The molecule has 0 bridgehead atoms. The number of rotatable bonds is 38. The van der Waals surface area contributed by atoms with Crippen LogP contribution in [0.4, 0.5) is 56.9 Å². The molecule has 8 rings (SSSR count). The van der Waals surface area contributed by atoms with Crippen molar-refractivity contribution in [2.75, 3.05) is 51.1 Å². The van der Waals surface area contributed by atoms with Crippen molar-refractivity contribution in [3.63, 3.8) is 0 Å². The zero-order chi connectivity index (χ0) is 86.5. The third kappa shape index (κ3) is 29.2. The van der Waals surface area contributed by atoms with Gasteiger partial charge in [0.2, 0.25) is 22.3 Å². The number of aromatic hydroxyl groups is 2. The summed E-state index contributed by atoms with van der Waals surface area (Å²) in [5.74, 6) is -2.10. The normalized spacial score (nSPS) is 14.0. The molecule has 0 fully saturated rings. The van der Waals surface area contributed by atoms with Crippen LogP contribution >= 0.6 is 79.0 Å². The van der Waals surface area contributed by atoms with Gasteiger partial charge in [0, 0.05) is 9.79 Å². The minimum absolute atomic E-state index is 0.0172. The van der Waals surface area contributed by atoms with Crippen LogP contribution in [0.2, 0.25) is 0 Å². The maximum atomic E-state index is 12.5.